The third-order valence-electron chi connectivity index (χ3n) is 8.75. The topological polar surface area (TPSA) is 102 Å². The average Bonchev–Trinajstić information content (AvgIpc) is 3.86. The molecule has 2 aromatic heterocycles. The molecule has 10 heteroatoms. The Morgan fingerprint density at radius 1 is 1.21 bits per heavy atom. The molecule has 1 aliphatic carbocycles. The number of amides is 1. The van der Waals surface area contributed by atoms with E-state index in [1.165, 1.54) is 29.9 Å². The van der Waals surface area contributed by atoms with Crippen molar-refractivity contribution in [3.63, 3.8) is 0 Å². The summed E-state index contributed by atoms with van der Waals surface area (Å²) in [6.45, 7) is 10.2. The molecule has 6 rings (SSSR count). The maximum absolute atomic E-state index is 12.5. The van der Waals surface area contributed by atoms with Gasteiger partial charge in [-0.15, -0.1) is 0 Å². The number of aryl methyl sites for hydroxylation is 1. The number of nitriles is 1. The second kappa shape index (κ2) is 11.9. The van der Waals surface area contributed by atoms with Gasteiger partial charge in [-0.25, -0.2) is 0 Å². The summed E-state index contributed by atoms with van der Waals surface area (Å²) in [5.41, 5.74) is 4.38. The van der Waals surface area contributed by atoms with Crippen molar-refractivity contribution < 1.29 is 9.53 Å². The predicted molar refractivity (Wildman–Crippen MR) is 163 cm³/mol. The van der Waals surface area contributed by atoms with Crippen LogP contribution in [0.1, 0.15) is 36.1 Å². The lowest BCUT2D eigenvalue weighted by molar-refractivity contribution is -0.128. The third-order valence-corrected chi connectivity index (χ3v) is 8.75. The summed E-state index contributed by atoms with van der Waals surface area (Å²) in [6, 6.07) is 9.38. The van der Waals surface area contributed by atoms with E-state index in [1.807, 2.05) is 12.4 Å². The lowest BCUT2D eigenvalue weighted by Crippen LogP contribution is -2.55. The molecule has 3 aromatic rings. The van der Waals surface area contributed by atoms with Crippen molar-refractivity contribution in [2.45, 2.75) is 51.2 Å². The number of hydrogen-bond acceptors (Lipinski definition) is 9. The van der Waals surface area contributed by atoms with Gasteiger partial charge in [0.2, 0.25) is 5.91 Å². The molecular formula is C32H38N8O2. The molecule has 0 unspecified atom stereocenters. The first kappa shape index (κ1) is 27.9. The molecule has 1 saturated carbocycles. The van der Waals surface area contributed by atoms with Gasteiger partial charge in [0.15, 0.2) is 0 Å². The van der Waals surface area contributed by atoms with Gasteiger partial charge in [0.1, 0.15) is 12.4 Å². The summed E-state index contributed by atoms with van der Waals surface area (Å²) in [5.74, 6) is 0.712. The number of ether oxygens (including phenoxy) is 1. The molecule has 0 radical (unpaired) electrons. The molecule has 1 atom stereocenters. The fourth-order valence-electron chi connectivity index (χ4n) is 6.27. The number of nitrogens with zero attached hydrogens (tertiary/aromatic N) is 8. The van der Waals surface area contributed by atoms with Crippen LogP contribution in [-0.2, 0) is 17.8 Å². The van der Waals surface area contributed by atoms with E-state index in [-0.39, 0.29) is 18.4 Å². The van der Waals surface area contributed by atoms with Gasteiger partial charge in [-0.3, -0.25) is 9.78 Å². The number of pyridine rings is 1. The second-order valence-corrected chi connectivity index (χ2v) is 11.5. The standard InChI is InChI=1S/C32H38N8O2/c1-4-29(41)40-15-14-39(20-25(40)10-12-33)31-26-11-13-38(28-19-34-18-23-7-5-6-22(2)30(23)28)21-27(26)35-32(36-31)42-17-16-37(3)24-8-9-24/h4-7,18-19,24-25H,1,8-11,13-17,20-21H2,2-3H3/t25-/m0/s1. The average molecular weight is 567 g/mol. The molecule has 0 N–H and O–H groups in total. The van der Waals surface area contributed by atoms with Crippen molar-refractivity contribution in [1.82, 2.24) is 24.8 Å². The van der Waals surface area contributed by atoms with Crippen molar-refractivity contribution in [3.8, 4) is 12.1 Å². The largest absolute Gasteiger partial charge is 0.462 e. The molecule has 2 aliphatic heterocycles. The van der Waals surface area contributed by atoms with Gasteiger partial charge in [0.25, 0.3) is 0 Å². The Labute approximate surface area is 247 Å². The van der Waals surface area contributed by atoms with Crippen LogP contribution in [0, 0.1) is 18.3 Å². The molecule has 42 heavy (non-hydrogen) atoms. The van der Waals surface area contributed by atoms with Crippen molar-refractivity contribution in [2.24, 2.45) is 0 Å². The van der Waals surface area contributed by atoms with Gasteiger partial charge in [-0.05, 0) is 44.9 Å². The molecule has 1 saturated heterocycles. The third kappa shape index (κ3) is 5.61. The summed E-state index contributed by atoms with van der Waals surface area (Å²) in [7, 11) is 2.14. The monoisotopic (exact) mass is 566 g/mol. The fraction of sp³-hybridized carbons (Fsp3) is 0.469. The quantitative estimate of drug-likeness (QED) is 0.360. The molecule has 3 aliphatic rings. The minimum absolute atomic E-state index is 0.141. The van der Waals surface area contributed by atoms with Crippen LogP contribution in [0.5, 0.6) is 6.01 Å². The number of carbonyl (C=O) groups is 1. The Morgan fingerprint density at radius 3 is 2.86 bits per heavy atom. The molecule has 1 aromatic carbocycles. The zero-order valence-corrected chi connectivity index (χ0v) is 24.5. The number of benzene rings is 1. The lowest BCUT2D eigenvalue weighted by Gasteiger charge is -2.42. The van der Waals surface area contributed by atoms with Gasteiger partial charge >= 0.3 is 6.01 Å². The van der Waals surface area contributed by atoms with E-state index in [0.29, 0.717) is 44.8 Å². The molecule has 0 bridgehead atoms. The van der Waals surface area contributed by atoms with Crippen LogP contribution in [0.15, 0.2) is 43.2 Å². The summed E-state index contributed by atoms with van der Waals surface area (Å²) >= 11 is 0. The van der Waals surface area contributed by atoms with Crippen molar-refractivity contribution in [1.29, 1.82) is 5.26 Å². The highest BCUT2D eigenvalue weighted by atomic mass is 16.5. The van der Waals surface area contributed by atoms with Crippen molar-refractivity contribution in [2.75, 3.05) is 56.2 Å². The summed E-state index contributed by atoms with van der Waals surface area (Å²) in [6.07, 6.45) is 8.72. The lowest BCUT2D eigenvalue weighted by atomic mass is 10.0. The Balaban J connectivity index is 1.31. The molecule has 2 fully saturated rings. The van der Waals surface area contributed by atoms with E-state index in [2.05, 4.69) is 64.5 Å². The van der Waals surface area contributed by atoms with E-state index >= 15 is 0 Å². The van der Waals surface area contributed by atoms with Crippen molar-refractivity contribution >= 4 is 28.2 Å². The van der Waals surface area contributed by atoms with E-state index in [1.54, 1.807) is 4.90 Å². The summed E-state index contributed by atoms with van der Waals surface area (Å²) in [4.78, 5) is 35.6. The molecular weight excluding hydrogens is 528 g/mol. The number of aromatic nitrogens is 3. The van der Waals surface area contributed by atoms with Gasteiger partial charge in [0, 0.05) is 61.3 Å². The van der Waals surface area contributed by atoms with Crippen molar-refractivity contribution in [3.05, 3.63) is 60.1 Å². The number of fused-ring (bicyclic) bond motifs is 2. The van der Waals surface area contributed by atoms with E-state index in [9.17, 15) is 10.1 Å². The highest BCUT2D eigenvalue weighted by Crippen LogP contribution is 2.35. The summed E-state index contributed by atoms with van der Waals surface area (Å²) in [5, 5.41) is 11.8. The Morgan fingerprint density at radius 2 is 2.07 bits per heavy atom. The van der Waals surface area contributed by atoms with Crippen LogP contribution in [0.3, 0.4) is 0 Å². The minimum atomic E-state index is -0.235. The maximum atomic E-state index is 12.5. The first-order valence-electron chi connectivity index (χ1n) is 14.8. The second-order valence-electron chi connectivity index (χ2n) is 11.5. The zero-order chi connectivity index (χ0) is 29.2. The van der Waals surface area contributed by atoms with E-state index < -0.39 is 0 Å². The number of likely N-dealkylation sites (N-methyl/N-ethyl adjacent to an activating group) is 1. The fourth-order valence-corrected chi connectivity index (χ4v) is 6.27. The minimum Gasteiger partial charge on any atom is -0.462 e. The zero-order valence-electron chi connectivity index (χ0n) is 24.5. The van der Waals surface area contributed by atoms with Gasteiger partial charge in [0.05, 0.1) is 42.7 Å². The Bertz CT molecular complexity index is 1530. The van der Waals surface area contributed by atoms with Crippen LogP contribution in [0.25, 0.3) is 10.8 Å². The van der Waals surface area contributed by atoms with Crippen LogP contribution in [0.4, 0.5) is 11.5 Å². The Kier molecular flexibility index (Phi) is 7.94. The van der Waals surface area contributed by atoms with Gasteiger partial charge in [-0.1, -0.05) is 24.8 Å². The smallest absolute Gasteiger partial charge is 0.318 e. The molecule has 1 amide bonds. The SMILES string of the molecule is C=CC(=O)N1CCN(c2nc(OCCN(C)C3CC3)nc3c2CCN(c2cncc4cccc(C)c24)C3)C[C@@H]1CC#N. The van der Waals surface area contributed by atoms with Gasteiger partial charge in [-0.2, -0.15) is 15.2 Å². The molecule has 218 valence electrons. The van der Waals surface area contributed by atoms with E-state index in [0.717, 1.165) is 47.7 Å². The number of piperazine rings is 1. The first-order chi connectivity index (χ1) is 20.5. The van der Waals surface area contributed by atoms with Crippen LogP contribution >= 0.6 is 0 Å². The van der Waals surface area contributed by atoms with E-state index in [4.69, 9.17) is 14.7 Å². The summed E-state index contributed by atoms with van der Waals surface area (Å²) < 4.78 is 6.18. The highest BCUT2D eigenvalue weighted by Gasteiger charge is 2.33. The number of hydrogen-bond donors (Lipinski definition) is 0. The predicted octanol–water partition coefficient (Wildman–Crippen LogP) is 3.49. The molecule has 10 nitrogen and oxygen atoms in total. The molecule has 4 heterocycles. The normalized spacial score (nSPS) is 18.6. The van der Waals surface area contributed by atoms with Gasteiger partial charge < -0.3 is 24.3 Å². The highest BCUT2D eigenvalue weighted by molar-refractivity contribution is 5.96. The Hall–Kier alpha value is -4.23. The van der Waals surface area contributed by atoms with Crippen LogP contribution < -0.4 is 14.5 Å². The van der Waals surface area contributed by atoms with Crippen LogP contribution in [0.2, 0.25) is 0 Å². The molecule has 0 spiro atoms. The maximum Gasteiger partial charge on any atom is 0.318 e. The number of rotatable bonds is 9. The van der Waals surface area contributed by atoms with Crippen LogP contribution in [-0.4, -0.2) is 89.1 Å². The first-order valence-corrected chi connectivity index (χ1v) is 14.8. The number of anilines is 2. The number of carbonyl (C=O) groups excluding carboxylic acids is 1.